The van der Waals surface area contributed by atoms with Gasteiger partial charge in [-0.15, -0.1) is 0 Å². The minimum Gasteiger partial charge on any atom is -0.478 e. The molecule has 1 spiro atoms. The van der Waals surface area contributed by atoms with E-state index in [1.165, 1.54) is 6.42 Å². The van der Waals surface area contributed by atoms with E-state index in [-0.39, 0.29) is 23.4 Å². The fourth-order valence-corrected chi connectivity index (χ4v) is 3.18. The van der Waals surface area contributed by atoms with E-state index in [0.29, 0.717) is 5.56 Å². The molecule has 1 aliphatic heterocycles. The first-order chi connectivity index (χ1) is 9.12. The highest BCUT2D eigenvalue weighted by Gasteiger charge is 2.50. The molecule has 1 amide bonds. The van der Waals surface area contributed by atoms with Gasteiger partial charge in [0, 0.05) is 12.1 Å². The summed E-state index contributed by atoms with van der Waals surface area (Å²) in [5.74, 6) is -0.898. The molecule has 1 saturated heterocycles. The quantitative estimate of drug-likeness (QED) is 0.904. The van der Waals surface area contributed by atoms with Crippen LogP contribution in [0.5, 0.6) is 0 Å². The zero-order chi connectivity index (χ0) is 13.5. The van der Waals surface area contributed by atoms with Crippen LogP contribution in [0, 0.1) is 0 Å². The molecule has 19 heavy (non-hydrogen) atoms. The summed E-state index contributed by atoms with van der Waals surface area (Å²) in [5, 5.41) is 9.12. The van der Waals surface area contributed by atoms with Crippen LogP contribution in [0.4, 0.5) is 0 Å². The zero-order valence-corrected chi connectivity index (χ0v) is 10.8. The van der Waals surface area contributed by atoms with Gasteiger partial charge in [-0.2, -0.15) is 0 Å². The third-order valence-electron chi connectivity index (χ3n) is 4.55. The van der Waals surface area contributed by atoms with Gasteiger partial charge in [-0.05, 0) is 37.3 Å². The Morgan fingerprint density at radius 2 is 1.95 bits per heavy atom. The Kier molecular flexibility index (Phi) is 2.81. The van der Waals surface area contributed by atoms with Gasteiger partial charge in [0.1, 0.15) is 0 Å². The molecule has 1 aromatic rings. The highest BCUT2D eigenvalue weighted by molar-refractivity contribution is 5.92. The summed E-state index contributed by atoms with van der Waals surface area (Å²) >= 11 is 0. The SMILES string of the molecule is O=C(O)c1ccccc1CC(=O)N1CCC12CCC2. The lowest BCUT2D eigenvalue weighted by atomic mass is 9.67. The molecule has 1 N–H and O–H groups in total. The molecule has 0 unspecified atom stereocenters. The van der Waals surface area contributed by atoms with E-state index in [1.807, 2.05) is 4.90 Å². The number of nitrogens with zero attached hydrogens (tertiary/aromatic N) is 1. The third kappa shape index (κ3) is 1.91. The van der Waals surface area contributed by atoms with Crippen molar-refractivity contribution in [3.63, 3.8) is 0 Å². The second kappa shape index (κ2) is 4.37. The number of carboxylic acid groups (broad SMARTS) is 1. The van der Waals surface area contributed by atoms with E-state index >= 15 is 0 Å². The molecular weight excluding hydrogens is 242 g/mol. The smallest absolute Gasteiger partial charge is 0.335 e. The van der Waals surface area contributed by atoms with Crippen LogP contribution in [-0.2, 0) is 11.2 Å². The van der Waals surface area contributed by atoms with Crippen LogP contribution in [0.25, 0.3) is 0 Å². The number of aromatic carboxylic acids is 1. The first-order valence-electron chi connectivity index (χ1n) is 6.74. The van der Waals surface area contributed by atoms with Crippen molar-refractivity contribution in [3.8, 4) is 0 Å². The van der Waals surface area contributed by atoms with Gasteiger partial charge in [0.25, 0.3) is 0 Å². The Hall–Kier alpha value is -1.84. The molecule has 4 heteroatoms. The molecule has 0 atom stereocenters. The van der Waals surface area contributed by atoms with Gasteiger partial charge < -0.3 is 10.0 Å². The fraction of sp³-hybridized carbons (Fsp3) is 0.467. The summed E-state index contributed by atoms with van der Waals surface area (Å²) in [6.45, 7) is 0.827. The summed E-state index contributed by atoms with van der Waals surface area (Å²) in [6, 6.07) is 6.76. The van der Waals surface area contributed by atoms with Crippen molar-refractivity contribution in [2.45, 2.75) is 37.6 Å². The fourth-order valence-electron chi connectivity index (χ4n) is 3.18. The Morgan fingerprint density at radius 3 is 2.47 bits per heavy atom. The van der Waals surface area contributed by atoms with Crippen LogP contribution in [0.15, 0.2) is 24.3 Å². The number of hydrogen-bond donors (Lipinski definition) is 1. The predicted octanol–water partition coefficient (Wildman–Crippen LogP) is 2.08. The van der Waals surface area contributed by atoms with Gasteiger partial charge in [-0.1, -0.05) is 18.2 Å². The molecule has 0 radical (unpaired) electrons. The van der Waals surface area contributed by atoms with E-state index in [2.05, 4.69) is 0 Å². The lowest BCUT2D eigenvalue weighted by Crippen LogP contribution is -2.65. The molecule has 2 fully saturated rings. The number of carboxylic acids is 1. The Balaban J connectivity index is 1.75. The summed E-state index contributed by atoms with van der Waals surface area (Å²) in [5.41, 5.74) is 0.982. The van der Waals surface area contributed by atoms with Crippen LogP contribution >= 0.6 is 0 Å². The number of likely N-dealkylation sites (tertiary alicyclic amines) is 1. The maximum atomic E-state index is 12.3. The first-order valence-corrected chi connectivity index (χ1v) is 6.74. The molecule has 3 rings (SSSR count). The average molecular weight is 259 g/mol. The zero-order valence-electron chi connectivity index (χ0n) is 10.8. The summed E-state index contributed by atoms with van der Waals surface area (Å²) in [4.78, 5) is 25.4. The van der Waals surface area contributed by atoms with Crippen molar-refractivity contribution < 1.29 is 14.7 Å². The predicted molar refractivity (Wildman–Crippen MR) is 70.0 cm³/mol. The second-order valence-corrected chi connectivity index (χ2v) is 5.51. The Morgan fingerprint density at radius 1 is 1.21 bits per heavy atom. The van der Waals surface area contributed by atoms with Crippen molar-refractivity contribution in [1.82, 2.24) is 4.90 Å². The van der Waals surface area contributed by atoms with Crippen LogP contribution in [0.1, 0.15) is 41.6 Å². The standard InChI is InChI=1S/C15H17NO3/c17-13(16-9-8-15(16)6-3-7-15)10-11-4-1-2-5-12(11)14(18)19/h1-2,4-5H,3,6-10H2,(H,18,19). The summed E-state index contributed by atoms with van der Waals surface area (Å²) < 4.78 is 0. The maximum Gasteiger partial charge on any atom is 0.335 e. The topological polar surface area (TPSA) is 57.6 Å². The van der Waals surface area contributed by atoms with Crippen molar-refractivity contribution in [3.05, 3.63) is 35.4 Å². The molecule has 100 valence electrons. The summed E-state index contributed by atoms with van der Waals surface area (Å²) in [6.07, 6.45) is 4.73. The second-order valence-electron chi connectivity index (χ2n) is 5.51. The normalized spacial score (nSPS) is 19.7. The number of benzene rings is 1. The molecule has 0 bridgehead atoms. The van der Waals surface area contributed by atoms with Crippen molar-refractivity contribution >= 4 is 11.9 Å². The molecule has 4 nitrogen and oxygen atoms in total. The van der Waals surface area contributed by atoms with Crippen LogP contribution in [0.3, 0.4) is 0 Å². The molecule has 0 aromatic heterocycles. The van der Waals surface area contributed by atoms with Gasteiger partial charge >= 0.3 is 5.97 Å². The number of carbonyl (C=O) groups is 2. The van der Waals surface area contributed by atoms with Gasteiger partial charge in [-0.3, -0.25) is 4.79 Å². The lowest BCUT2D eigenvalue weighted by molar-refractivity contribution is -0.154. The van der Waals surface area contributed by atoms with Gasteiger partial charge in [0.05, 0.1) is 12.0 Å². The van der Waals surface area contributed by atoms with E-state index in [0.717, 1.165) is 25.8 Å². The van der Waals surface area contributed by atoms with E-state index in [4.69, 9.17) is 5.11 Å². The Labute approximate surface area is 112 Å². The number of carbonyl (C=O) groups excluding carboxylic acids is 1. The largest absolute Gasteiger partial charge is 0.478 e. The maximum absolute atomic E-state index is 12.3. The van der Waals surface area contributed by atoms with Gasteiger partial charge in [0.2, 0.25) is 5.91 Å². The average Bonchev–Trinajstić information content (AvgIpc) is 2.25. The van der Waals surface area contributed by atoms with Crippen LogP contribution < -0.4 is 0 Å². The van der Waals surface area contributed by atoms with E-state index < -0.39 is 5.97 Å². The van der Waals surface area contributed by atoms with Crippen molar-refractivity contribution in [2.75, 3.05) is 6.54 Å². The number of amides is 1. The molecular formula is C15H17NO3. The molecule has 1 saturated carbocycles. The van der Waals surface area contributed by atoms with Crippen LogP contribution in [-0.4, -0.2) is 34.0 Å². The number of rotatable bonds is 3. The lowest BCUT2D eigenvalue weighted by Gasteiger charge is -2.58. The number of hydrogen-bond acceptors (Lipinski definition) is 2. The van der Waals surface area contributed by atoms with Crippen LogP contribution in [0.2, 0.25) is 0 Å². The first kappa shape index (κ1) is 12.2. The minimum atomic E-state index is -0.967. The summed E-state index contributed by atoms with van der Waals surface area (Å²) in [7, 11) is 0. The van der Waals surface area contributed by atoms with E-state index in [9.17, 15) is 9.59 Å². The highest BCUT2D eigenvalue weighted by atomic mass is 16.4. The van der Waals surface area contributed by atoms with Gasteiger partial charge in [0.15, 0.2) is 0 Å². The van der Waals surface area contributed by atoms with E-state index in [1.54, 1.807) is 24.3 Å². The van der Waals surface area contributed by atoms with Crippen molar-refractivity contribution in [1.29, 1.82) is 0 Å². The van der Waals surface area contributed by atoms with Gasteiger partial charge in [-0.25, -0.2) is 4.79 Å². The molecule has 1 aromatic carbocycles. The Bertz CT molecular complexity index is 528. The van der Waals surface area contributed by atoms with Crippen molar-refractivity contribution in [2.24, 2.45) is 0 Å². The monoisotopic (exact) mass is 259 g/mol. The molecule has 1 heterocycles. The third-order valence-corrected chi connectivity index (χ3v) is 4.55. The highest BCUT2D eigenvalue weighted by Crippen LogP contribution is 2.47. The molecule has 2 aliphatic rings. The minimum absolute atomic E-state index is 0.0691. The molecule has 1 aliphatic carbocycles.